The molecule has 0 atom stereocenters. The molecule has 0 aliphatic carbocycles. The number of aryl methyl sites for hydroxylation is 2. The summed E-state index contributed by atoms with van der Waals surface area (Å²) in [5.74, 6) is 5.24. The lowest BCUT2D eigenvalue weighted by Crippen LogP contribution is -2.07. The Bertz CT molecular complexity index is 251. The van der Waals surface area contributed by atoms with Gasteiger partial charge < -0.3 is 5.43 Å². The number of nitrogen functional groups attached to an aromatic ring is 1. The van der Waals surface area contributed by atoms with Crippen molar-refractivity contribution >= 4 is 29.7 Å². The number of nitrogens with two attached hydrogens (primary N) is 1. The molecule has 0 amide bonds. The molecule has 4 heteroatoms. The maximum absolute atomic E-state index is 5.94. The lowest BCUT2D eigenvalue weighted by Gasteiger charge is -2.05. The maximum Gasteiger partial charge on any atom is 0.0491 e. The second kappa shape index (κ2) is 4.55. The van der Waals surface area contributed by atoms with E-state index in [9.17, 15) is 0 Å². The summed E-state index contributed by atoms with van der Waals surface area (Å²) in [6.45, 7) is 3.91. The Hall–Kier alpha value is -0.440. The van der Waals surface area contributed by atoms with Gasteiger partial charge in [-0.2, -0.15) is 0 Å². The molecule has 0 aromatic heterocycles. The molecule has 1 aromatic rings. The van der Waals surface area contributed by atoms with E-state index in [0.29, 0.717) is 0 Å². The molecule has 1 aromatic carbocycles. The summed E-state index contributed by atoms with van der Waals surface area (Å²) in [6, 6.07) is 3.82. The van der Waals surface area contributed by atoms with Crippen LogP contribution < -0.4 is 11.3 Å². The van der Waals surface area contributed by atoms with Gasteiger partial charge in [-0.15, -0.1) is 12.4 Å². The van der Waals surface area contributed by atoms with Gasteiger partial charge in [-0.3, -0.25) is 5.84 Å². The SMILES string of the molecule is Cc1cc(NN)cc(C)c1Cl.Cl. The third-order valence-electron chi connectivity index (χ3n) is 1.60. The zero-order valence-corrected chi connectivity index (χ0v) is 8.59. The van der Waals surface area contributed by atoms with E-state index in [0.717, 1.165) is 21.8 Å². The van der Waals surface area contributed by atoms with Crippen molar-refractivity contribution in [2.24, 2.45) is 5.84 Å². The van der Waals surface area contributed by atoms with E-state index in [2.05, 4.69) is 5.43 Å². The Balaban J connectivity index is 0.00000121. The summed E-state index contributed by atoms with van der Waals surface area (Å²) in [5.41, 5.74) is 5.55. The summed E-state index contributed by atoms with van der Waals surface area (Å²) in [7, 11) is 0. The predicted molar refractivity (Wildman–Crippen MR) is 56.0 cm³/mol. The van der Waals surface area contributed by atoms with Gasteiger partial charge in [-0.1, -0.05) is 11.6 Å². The fourth-order valence-corrected chi connectivity index (χ4v) is 1.14. The van der Waals surface area contributed by atoms with Crippen LogP contribution in [-0.4, -0.2) is 0 Å². The molecule has 0 aliphatic heterocycles. The first-order valence-corrected chi connectivity index (χ1v) is 3.76. The van der Waals surface area contributed by atoms with Gasteiger partial charge in [0.05, 0.1) is 0 Å². The van der Waals surface area contributed by atoms with Gasteiger partial charge in [0.25, 0.3) is 0 Å². The Labute approximate surface area is 83.5 Å². The number of hydrazine groups is 1. The Morgan fingerprint density at radius 1 is 1.25 bits per heavy atom. The number of hydrogen-bond donors (Lipinski definition) is 2. The monoisotopic (exact) mass is 206 g/mol. The van der Waals surface area contributed by atoms with Gasteiger partial charge in [0, 0.05) is 10.7 Å². The molecule has 2 nitrogen and oxygen atoms in total. The lowest BCUT2D eigenvalue weighted by atomic mass is 10.1. The van der Waals surface area contributed by atoms with Crippen molar-refractivity contribution in [1.29, 1.82) is 0 Å². The fraction of sp³-hybridized carbons (Fsp3) is 0.250. The van der Waals surface area contributed by atoms with Gasteiger partial charge in [-0.25, -0.2) is 0 Å². The van der Waals surface area contributed by atoms with E-state index >= 15 is 0 Å². The van der Waals surface area contributed by atoms with Crippen LogP contribution >= 0.6 is 24.0 Å². The highest BCUT2D eigenvalue weighted by Gasteiger charge is 2.00. The zero-order valence-electron chi connectivity index (χ0n) is 7.02. The highest BCUT2D eigenvalue weighted by Crippen LogP contribution is 2.23. The molecule has 0 saturated heterocycles. The van der Waals surface area contributed by atoms with Crippen molar-refractivity contribution in [3.05, 3.63) is 28.3 Å². The number of hydrogen-bond acceptors (Lipinski definition) is 2. The van der Waals surface area contributed by atoms with E-state index in [1.54, 1.807) is 0 Å². The Kier molecular flexibility index (Phi) is 4.39. The van der Waals surface area contributed by atoms with Crippen LogP contribution in [0.25, 0.3) is 0 Å². The van der Waals surface area contributed by atoms with E-state index in [1.807, 2.05) is 26.0 Å². The molecule has 0 aliphatic rings. The molecule has 0 spiro atoms. The molecule has 0 fully saturated rings. The normalized spacial score (nSPS) is 9.00. The number of halogens is 2. The van der Waals surface area contributed by atoms with Crippen LogP contribution in [0.5, 0.6) is 0 Å². The minimum absolute atomic E-state index is 0. The van der Waals surface area contributed by atoms with Crippen LogP contribution in [0.2, 0.25) is 5.02 Å². The largest absolute Gasteiger partial charge is 0.324 e. The molecule has 0 saturated carbocycles. The van der Waals surface area contributed by atoms with Crippen LogP contribution in [-0.2, 0) is 0 Å². The average molecular weight is 207 g/mol. The van der Waals surface area contributed by atoms with Crippen molar-refractivity contribution in [3.63, 3.8) is 0 Å². The molecule has 0 heterocycles. The summed E-state index contributed by atoms with van der Waals surface area (Å²) < 4.78 is 0. The van der Waals surface area contributed by atoms with Gasteiger partial charge in [0.2, 0.25) is 0 Å². The molecule has 3 N–H and O–H groups in total. The Morgan fingerprint density at radius 2 is 1.67 bits per heavy atom. The first kappa shape index (κ1) is 11.6. The van der Waals surface area contributed by atoms with E-state index in [-0.39, 0.29) is 12.4 Å². The highest BCUT2D eigenvalue weighted by molar-refractivity contribution is 6.32. The summed E-state index contributed by atoms with van der Waals surface area (Å²) in [4.78, 5) is 0. The van der Waals surface area contributed by atoms with Gasteiger partial charge >= 0.3 is 0 Å². The summed E-state index contributed by atoms with van der Waals surface area (Å²) in [6.07, 6.45) is 0. The quantitative estimate of drug-likeness (QED) is 0.548. The lowest BCUT2D eigenvalue weighted by molar-refractivity contribution is 1.30. The van der Waals surface area contributed by atoms with Crippen molar-refractivity contribution in [3.8, 4) is 0 Å². The highest BCUT2D eigenvalue weighted by atomic mass is 35.5. The molecular formula is C8H12Cl2N2. The smallest absolute Gasteiger partial charge is 0.0491 e. The fourth-order valence-electron chi connectivity index (χ4n) is 1.03. The van der Waals surface area contributed by atoms with E-state index in [4.69, 9.17) is 17.4 Å². The summed E-state index contributed by atoms with van der Waals surface area (Å²) >= 11 is 5.94. The molecule has 0 radical (unpaired) electrons. The number of anilines is 1. The standard InChI is InChI=1S/C8H11ClN2.ClH/c1-5-3-7(11-10)4-6(2)8(5)9;/h3-4,11H,10H2,1-2H3;1H. The van der Waals surface area contributed by atoms with Gasteiger partial charge in [-0.05, 0) is 37.1 Å². The number of rotatable bonds is 1. The molecule has 0 unspecified atom stereocenters. The first-order valence-electron chi connectivity index (χ1n) is 3.38. The zero-order chi connectivity index (χ0) is 8.43. The van der Waals surface area contributed by atoms with Crippen LogP contribution in [0.1, 0.15) is 11.1 Å². The maximum atomic E-state index is 5.94. The second-order valence-electron chi connectivity index (χ2n) is 2.57. The topological polar surface area (TPSA) is 38.0 Å². The number of nitrogens with one attached hydrogen (secondary N) is 1. The van der Waals surface area contributed by atoms with Crippen molar-refractivity contribution in [2.75, 3.05) is 5.43 Å². The minimum atomic E-state index is 0. The van der Waals surface area contributed by atoms with Crippen molar-refractivity contribution in [1.82, 2.24) is 0 Å². The van der Waals surface area contributed by atoms with Crippen molar-refractivity contribution in [2.45, 2.75) is 13.8 Å². The van der Waals surface area contributed by atoms with Crippen LogP contribution in [0.15, 0.2) is 12.1 Å². The van der Waals surface area contributed by atoms with Crippen LogP contribution in [0.4, 0.5) is 5.69 Å². The van der Waals surface area contributed by atoms with Crippen LogP contribution in [0, 0.1) is 13.8 Å². The Morgan fingerprint density at radius 3 is 2.00 bits per heavy atom. The van der Waals surface area contributed by atoms with Gasteiger partial charge in [0.1, 0.15) is 0 Å². The van der Waals surface area contributed by atoms with E-state index in [1.165, 1.54) is 0 Å². The average Bonchev–Trinajstić information content (AvgIpc) is 1.99. The van der Waals surface area contributed by atoms with E-state index < -0.39 is 0 Å². The van der Waals surface area contributed by atoms with Crippen molar-refractivity contribution < 1.29 is 0 Å². The third-order valence-corrected chi connectivity index (χ3v) is 2.20. The van der Waals surface area contributed by atoms with Crippen LogP contribution in [0.3, 0.4) is 0 Å². The molecule has 1 rings (SSSR count). The number of benzene rings is 1. The molecular weight excluding hydrogens is 195 g/mol. The molecule has 68 valence electrons. The molecule has 0 bridgehead atoms. The predicted octanol–water partition coefficient (Wildman–Crippen LogP) is 2.66. The minimum Gasteiger partial charge on any atom is -0.324 e. The van der Waals surface area contributed by atoms with Gasteiger partial charge in [0.15, 0.2) is 0 Å². The second-order valence-corrected chi connectivity index (χ2v) is 2.95. The third kappa shape index (κ3) is 2.27. The molecule has 12 heavy (non-hydrogen) atoms. The first-order chi connectivity index (χ1) is 5.15. The summed E-state index contributed by atoms with van der Waals surface area (Å²) in [5, 5.41) is 0.809.